The van der Waals surface area contributed by atoms with Crippen LogP contribution in [-0.2, 0) is 7.05 Å². The molecule has 0 aliphatic carbocycles. The highest BCUT2D eigenvalue weighted by molar-refractivity contribution is 14.1. The van der Waals surface area contributed by atoms with Crippen molar-refractivity contribution in [1.29, 1.82) is 0 Å². The van der Waals surface area contributed by atoms with Gasteiger partial charge in [-0.1, -0.05) is 0 Å². The number of halogens is 2. The Balaban J connectivity index is 3.21. The number of nitrogens with zero attached hydrogens (tertiary/aromatic N) is 1. The molecule has 0 aliphatic rings. The van der Waals surface area contributed by atoms with Crippen molar-refractivity contribution in [1.82, 2.24) is 9.55 Å². The molecule has 1 aromatic heterocycles. The van der Waals surface area contributed by atoms with Crippen LogP contribution in [0.3, 0.4) is 0 Å². The predicted octanol–water partition coefficient (Wildman–Crippen LogP) is 1.90. The molecule has 16 heavy (non-hydrogen) atoms. The van der Waals surface area contributed by atoms with E-state index in [1.165, 1.54) is 7.05 Å². The molecule has 0 amide bonds. The van der Waals surface area contributed by atoms with Crippen LogP contribution < -0.4 is 11.2 Å². The average Bonchev–Trinajstić information content (AvgIpc) is 2.22. The Hall–Kier alpha value is -0.630. The number of aromatic amines is 1. The van der Waals surface area contributed by atoms with Crippen LogP contribution in [0, 0.1) is 10.5 Å². The van der Waals surface area contributed by atoms with Gasteiger partial charge >= 0.3 is 5.69 Å². The van der Waals surface area contributed by atoms with Gasteiger partial charge in [-0.25, -0.2) is 4.79 Å². The topological polar surface area (TPSA) is 54.9 Å². The Morgan fingerprint density at radius 3 is 2.69 bits per heavy atom. The molecular weight excluding hydrogens is 387 g/mol. The van der Waals surface area contributed by atoms with Crippen LogP contribution in [0.4, 0.5) is 0 Å². The summed E-state index contributed by atoms with van der Waals surface area (Å²) >= 11 is 5.49. The fourth-order valence-corrected chi connectivity index (χ4v) is 2.88. The maximum Gasteiger partial charge on any atom is 0.328 e. The van der Waals surface area contributed by atoms with E-state index in [0.29, 0.717) is 10.9 Å². The Kier molecular flexibility index (Phi) is 2.95. The number of fused-ring (bicyclic) bond motifs is 1. The summed E-state index contributed by atoms with van der Waals surface area (Å²) in [6, 6.07) is 1.92. The second kappa shape index (κ2) is 3.99. The lowest BCUT2D eigenvalue weighted by Crippen LogP contribution is -2.32. The highest BCUT2D eigenvalue weighted by Crippen LogP contribution is 2.26. The van der Waals surface area contributed by atoms with Crippen LogP contribution >= 0.6 is 38.5 Å². The van der Waals surface area contributed by atoms with E-state index < -0.39 is 5.69 Å². The third-order valence-electron chi connectivity index (χ3n) is 2.45. The number of aryl methyl sites for hydroxylation is 1. The normalized spacial score (nSPS) is 11.0. The minimum atomic E-state index is -0.397. The first-order valence-corrected chi connectivity index (χ1v) is 6.38. The number of hydrogen-bond acceptors (Lipinski definition) is 2. The number of H-pyrrole nitrogens is 1. The summed E-state index contributed by atoms with van der Waals surface area (Å²) in [5, 5.41) is 0.520. The van der Waals surface area contributed by atoms with Crippen LogP contribution in [0.1, 0.15) is 5.56 Å². The maximum absolute atomic E-state index is 12.0. The molecule has 6 heteroatoms. The summed E-state index contributed by atoms with van der Waals surface area (Å²) in [6.07, 6.45) is 0. The van der Waals surface area contributed by atoms with Gasteiger partial charge in [0.05, 0.1) is 10.9 Å². The molecule has 0 bridgehead atoms. The number of benzene rings is 1. The highest BCUT2D eigenvalue weighted by atomic mass is 127. The van der Waals surface area contributed by atoms with Crippen LogP contribution in [0.25, 0.3) is 10.9 Å². The summed E-state index contributed by atoms with van der Waals surface area (Å²) in [5.74, 6) is 0. The zero-order valence-electron chi connectivity index (χ0n) is 8.60. The number of rotatable bonds is 0. The number of aromatic nitrogens is 2. The van der Waals surface area contributed by atoms with Crippen molar-refractivity contribution in [3.05, 3.63) is 40.5 Å². The molecule has 1 heterocycles. The SMILES string of the molecule is Cc1cc(I)c2[nH]c(=O)n(C)c(=O)c2c1Br. The Labute approximate surface area is 113 Å². The maximum atomic E-state index is 12.0. The molecule has 0 saturated heterocycles. The minimum Gasteiger partial charge on any atom is -0.306 e. The summed E-state index contributed by atoms with van der Waals surface area (Å²) in [5.41, 5.74) is 0.880. The zero-order chi connectivity index (χ0) is 12.0. The van der Waals surface area contributed by atoms with Gasteiger partial charge in [-0.3, -0.25) is 9.36 Å². The van der Waals surface area contributed by atoms with Gasteiger partial charge in [0, 0.05) is 15.1 Å². The molecule has 84 valence electrons. The van der Waals surface area contributed by atoms with Crippen LogP contribution in [0.5, 0.6) is 0 Å². The smallest absolute Gasteiger partial charge is 0.306 e. The molecule has 0 spiro atoms. The van der Waals surface area contributed by atoms with Gasteiger partial charge in [-0.15, -0.1) is 0 Å². The molecule has 0 saturated carbocycles. The summed E-state index contributed by atoms with van der Waals surface area (Å²) in [7, 11) is 1.46. The highest BCUT2D eigenvalue weighted by Gasteiger charge is 2.12. The molecule has 0 atom stereocenters. The largest absolute Gasteiger partial charge is 0.328 e. The van der Waals surface area contributed by atoms with Crippen molar-refractivity contribution in [3.63, 3.8) is 0 Å². The van der Waals surface area contributed by atoms with E-state index in [-0.39, 0.29) is 5.56 Å². The number of nitrogens with one attached hydrogen (secondary N) is 1. The van der Waals surface area contributed by atoms with Crippen molar-refractivity contribution in [2.45, 2.75) is 6.92 Å². The van der Waals surface area contributed by atoms with Crippen molar-refractivity contribution < 1.29 is 0 Å². The quantitative estimate of drug-likeness (QED) is 0.694. The van der Waals surface area contributed by atoms with Crippen LogP contribution in [-0.4, -0.2) is 9.55 Å². The Bertz CT molecular complexity index is 703. The second-order valence-corrected chi connectivity index (χ2v) is 5.49. The molecule has 2 rings (SSSR count). The molecule has 1 aromatic carbocycles. The van der Waals surface area contributed by atoms with Crippen LogP contribution in [0.15, 0.2) is 20.1 Å². The van der Waals surface area contributed by atoms with Crippen molar-refractivity contribution in [3.8, 4) is 0 Å². The molecule has 0 aliphatic heterocycles. The molecule has 0 unspecified atom stereocenters. The van der Waals surface area contributed by atoms with Gasteiger partial charge in [0.25, 0.3) is 5.56 Å². The first-order chi connectivity index (χ1) is 7.43. The molecule has 0 radical (unpaired) electrons. The Morgan fingerprint density at radius 2 is 2.06 bits per heavy atom. The Morgan fingerprint density at radius 1 is 1.44 bits per heavy atom. The third kappa shape index (κ3) is 1.64. The average molecular weight is 395 g/mol. The minimum absolute atomic E-state index is 0.285. The fraction of sp³-hybridized carbons (Fsp3) is 0.200. The first kappa shape index (κ1) is 11.8. The van der Waals surface area contributed by atoms with E-state index in [9.17, 15) is 9.59 Å². The van der Waals surface area contributed by atoms with E-state index in [0.717, 1.165) is 18.2 Å². The van der Waals surface area contributed by atoms with Gasteiger partial charge in [-0.2, -0.15) is 0 Å². The van der Waals surface area contributed by atoms with Crippen molar-refractivity contribution >= 4 is 49.4 Å². The van der Waals surface area contributed by atoms with Gasteiger partial charge in [0.2, 0.25) is 0 Å². The zero-order valence-corrected chi connectivity index (χ0v) is 12.3. The van der Waals surface area contributed by atoms with Gasteiger partial charge in [0.15, 0.2) is 0 Å². The molecular formula is C10H8BrIN2O2. The lowest BCUT2D eigenvalue weighted by molar-refractivity contribution is 0.793. The predicted molar refractivity (Wildman–Crippen MR) is 75.0 cm³/mol. The van der Waals surface area contributed by atoms with Gasteiger partial charge in [-0.05, 0) is 57.1 Å². The van der Waals surface area contributed by atoms with E-state index in [2.05, 4.69) is 43.5 Å². The molecule has 1 N–H and O–H groups in total. The molecule has 2 aromatic rings. The second-order valence-electron chi connectivity index (χ2n) is 3.53. The van der Waals surface area contributed by atoms with Crippen molar-refractivity contribution in [2.24, 2.45) is 7.05 Å². The lowest BCUT2D eigenvalue weighted by Gasteiger charge is -2.07. The fourth-order valence-electron chi connectivity index (χ4n) is 1.53. The van der Waals surface area contributed by atoms with E-state index in [1.54, 1.807) is 0 Å². The summed E-state index contributed by atoms with van der Waals surface area (Å²) in [4.78, 5) is 26.2. The monoisotopic (exact) mass is 394 g/mol. The lowest BCUT2D eigenvalue weighted by atomic mass is 10.2. The summed E-state index contributed by atoms with van der Waals surface area (Å²) < 4.78 is 2.67. The van der Waals surface area contributed by atoms with E-state index in [4.69, 9.17) is 0 Å². The summed E-state index contributed by atoms with van der Waals surface area (Å²) in [6.45, 7) is 1.91. The third-order valence-corrected chi connectivity index (χ3v) is 4.33. The van der Waals surface area contributed by atoms with Crippen molar-refractivity contribution in [2.75, 3.05) is 0 Å². The number of hydrogen-bond donors (Lipinski definition) is 1. The van der Waals surface area contributed by atoms with E-state index >= 15 is 0 Å². The van der Waals surface area contributed by atoms with E-state index in [1.807, 2.05) is 13.0 Å². The molecule has 0 fully saturated rings. The first-order valence-electron chi connectivity index (χ1n) is 4.51. The van der Waals surface area contributed by atoms with Crippen LogP contribution in [0.2, 0.25) is 0 Å². The standard InChI is InChI=1S/C10H8BrIN2O2/c1-4-3-5(12)8-6(7(4)11)9(15)14(2)10(16)13-8/h3H,1-2H3,(H,13,16). The molecule has 4 nitrogen and oxygen atoms in total. The van der Waals surface area contributed by atoms with Gasteiger partial charge < -0.3 is 4.98 Å². The van der Waals surface area contributed by atoms with Gasteiger partial charge in [0.1, 0.15) is 0 Å².